The Balaban J connectivity index is 2.03. The van der Waals surface area contributed by atoms with E-state index in [0.29, 0.717) is 0 Å². The second-order valence-corrected chi connectivity index (χ2v) is 3.86. The van der Waals surface area contributed by atoms with Crippen LogP contribution in [0.15, 0.2) is 0 Å². The summed E-state index contributed by atoms with van der Waals surface area (Å²) in [5.41, 5.74) is 0. The molecule has 1 aliphatic heterocycles. The van der Waals surface area contributed by atoms with E-state index in [9.17, 15) is 0 Å². The Morgan fingerprint density at radius 2 is 2.38 bits per heavy atom. The Kier molecular flexibility index (Phi) is 5.35. The largest absolute Gasteiger partial charge is 0.385 e. The van der Waals surface area contributed by atoms with Gasteiger partial charge in [-0.15, -0.1) is 0 Å². The van der Waals surface area contributed by atoms with Gasteiger partial charge in [0, 0.05) is 26.8 Å². The highest BCUT2D eigenvalue weighted by Gasteiger charge is 2.20. The fraction of sp³-hybridized carbons (Fsp3) is 1.00. The van der Waals surface area contributed by atoms with Crippen molar-refractivity contribution in [3.05, 3.63) is 0 Å². The first-order valence-corrected chi connectivity index (χ1v) is 5.22. The van der Waals surface area contributed by atoms with Gasteiger partial charge in [0.25, 0.3) is 0 Å². The summed E-state index contributed by atoms with van der Waals surface area (Å²) in [6, 6.07) is 0. The van der Waals surface area contributed by atoms with Gasteiger partial charge in [-0.2, -0.15) is 0 Å². The lowest BCUT2D eigenvalue weighted by Crippen LogP contribution is -2.25. The number of rotatable bonds is 6. The van der Waals surface area contributed by atoms with Crippen LogP contribution in [0.1, 0.15) is 12.8 Å². The van der Waals surface area contributed by atoms with Crippen LogP contribution in [0.2, 0.25) is 0 Å². The van der Waals surface area contributed by atoms with Gasteiger partial charge in [0.2, 0.25) is 0 Å². The van der Waals surface area contributed by atoms with Crippen LogP contribution in [0.3, 0.4) is 0 Å². The lowest BCUT2D eigenvalue weighted by Gasteiger charge is -2.15. The maximum absolute atomic E-state index is 5.04. The van der Waals surface area contributed by atoms with Crippen LogP contribution < -0.4 is 5.32 Å². The second kappa shape index (κ2) is 6.35. The summed E-state index contributed by atoms with van der Waals surface area (Å²) in [4.78, 5) is 2.54. The molecule has 0 aliphatic carbocycles. The van der Waals surface area contributed by atoms with E-state index in [0.717, 1.165) is 12.5 Å². The van der Waals surface area contributed by atoms with Crippen molar-refractivity contribution in [3.63, 3.8) is 0 Å². The van der Waals surface area contributed by atoms with Gasteiger partial charge in [-0.05, 0) is 38.9 Å². The van der Waals surface area contributed by atoms with Gasteiger partial charge < -0.3 is 15.0 Å². The number of nitrogens with one attached hydrogen (secondary N) is 1. The number of methoxy groups -OCH3 is 1. The molecule has 1 unspecified atom stereocenters. The summed E-state index contributed by atoms with van der Waals surface area (Å²) in [6.45, 7) is 5.81. The molecule has 0 radical (unpaired) electrons. The van der Waals surface area contributed by atoms with Gasteiger partial charge in [-0.25, -0.2) is 0 Å². The molecule has 1 aliphatic rings. The fourth-order valence-corrected chi connectivity index (χ4v) is 2.00. The average molecular weight is 186 g/mol. The molecule has 0 amide bonds. The topological polar surface area (TPSA) is 24.5 Å². The summed E-state index contributed by atoms with van der Waals surface area (Å²) in [7, 11) is 3.81. The van der Waals surface area contributed by atoms with Crippen LogP contribution >= 0.6 is 0 Å². The van der Waals surface area contributed by atoms with Crippen LogP contribution in [0.4, 0.5) is 0 Å². The third-order valence-electron chi connectivity index (χ3n) is 2.69. The van der Waals surface area contributed by atoms with E-state index in [4.69, 9.17) is 4.74 Å². The van der Waals surface area contributed by atoms with Crippen molar-refractivity contribution >= 4 is 0 Å². The zero-order chi connectivity index (χ0) is 9.52. The summed E-state index contributed by atoms with van der Waals surface area (Å²) in [6.07, 6.45) is 2.52. The minimum Gasteiger partial charge on any atom is -0.385 e. The van der Waals surface area contributed by atoms with Gasteiger partial charge in [-0.1, -0.05) is 0 Å². The molecule has 1 fully saturated rings. The summed E-state index contributed by atoms with van der Waals surface area (Å²) in [5, 5.41) is 3.25. The van der Waals surface area contributed by atoms with E-state index in [-0.39, 0.29) is 0 Å². The van der Waals surface area contributed by atoms with E-state index in [1.54, 1.807) is 7.11 Å². The molecule has 1 heterocycles. The van der Waals surface area contributed by atoms with Crippen molar-refractivity contribution in [1.29, 1.82) is 0 Å². The molecule has 0 bridgehead atoms. The van der Waals surface area contributed by atoms with E-state index in [2.05, 4.69) is 10.2 Å². The van der Waals surface area contributed by atoms with Crippen LogP contribution in [0.25, 0.3) is 0 Å². The maximum atomic E-state index is 5.04. The van der Waals surface area contributed by atoms with Crippen molar-refractivity contribution in [2.75, 3.05) is 46.9 Å². The molecule has 1 rings (SSSR count). The van der Waals surface area contributed by atoms with Crippen molar-refractivity contribution < 1.29 is 4.74 Å². The quantitative estimate of drug-likeness (QED) is 0.614. The fourth-order valence-electron chi connectivity index (χ4n) is 2.00. The zero-order valence-electron chi connectivity index (χ0n) is 8.88. The van der Waals surface area contributed by atoms with Crippen LogP contribution in [0.5, 0.6) is 0 Å². The second-order valence-electron chi connectivity index (χ2n) is 3.86. The van der Waals surface area contributed by atoms with Crippen LogP contribution in [-0.4, -0.2) is 51.8 Å². The highest BCUT2D eigenvalue weighted by Crippen LogP contribution is 2.14. The summed E-state index contributed by atoms with van der Waals surface area (Å²) < 4.78 is 5.04. The molecule has 0 aromatic rings. The molecule has 0 saturated carbocycles. The SMILES string of the molecule is CNCC1CCN(CCCOC)C1. The van der Waals surface area contributed by atoms with Gasteiger partial charge in [-0.3, -0.25) is 0 Å². The Labute approximate surface area is 81.4 Å². The molecule has 1 saturated heterocycles. The van der Waals surface area contributed by atoms with Gasteiger partial charge in [0.15, 0.2) is 0 Å². The molecule has 3 heteroatoms. The van der Waals surface area contributed by atoms with Crippen LogP contribution in [-0.2, 0) is 4.74 Å². The normalized spacial score (nSPS) is 24.0. The van der Waals surface area contributed by atoms with E-state index >= 15 is 0 Å². The Morgan fingerprint density at radius 1 is 1.54 bits per heavy atom. The van der Waals surface area contributed by atoms with E-state index in [1.807, 2.05) is 7.05 Å². The summed E-state index contributed by atoms with van der Waals surface area (Å²) >= 11 is 0. The minimum atomic E-state index is 0.868. The first-order chi connectivity index (χ1) is 6.36. The van der Waals surface area contributed by atoms with E-state index < -0.39 is 0 Å². The average Bonchev–Trinajstić information content (AvgIpc) is 2.54. The van der Waals surface area contributed by atoms with E-state index in [1.165, 1.54) is 39.0 Å². The lowest BCUT2D eigenvalue weighted by molar-refractivity contribution is 0.178. The highest BCUT2D eigenvalue weighted by atomic mass is 16.5. The van der Waals surface area contributed by atoms with Crippen LogP contribution in [0, 0.1) is 5.92 Å². The number of hydrogen-bond donors (Lipinski definition) is 1. The Hall–Kier alpha value is -0.120. The monoisotopic (exact) mass is 186 g/mol. The Morgan fingerprint density at radius 3 is 3.08 bits per heavy atom. The molecular formula is C10H22N2O. The molecule has 1 atom stereocenters. The first-order valence-electron chi connectivity index (χ1n) is 5.22. The predicted molar refractivity (Wildman–Crippen MR) is 55.0 cm³/mol. The van der Waals surface area contributed by atoms with Crippen molar-refractivity contribution in [1.82, 2.24) is 10.2 Å². The molecular weight excluding hydrogens is 164 g/mol. The zero-order valence-corrected chi connectivity index (χ0v) is 8.88. The number of nitrogens with zero attached hydrogens (tertiary/aromatic N) is 1. The van der Waals surface area contributed by atoms with Crippen molar-refractivity contribution in [2.24, 2.45) is 5.92 Å². The Bertz CT molecular complexity index is 130. The molecule has 3 nitrogen and oxygen atoms in total. The maximum Gasteiger partial charge on any atom is 0.0474 e. The van der Waals surface area contributed by atoms with Gasteiger partial charge in [0.05, 0.1) is 0 Å². The molecule has 78 valence electrons. The van der Waals surface area contributed by atoms with Gasteiger partial charge >= 0.3 is 0 Å². The molecule has 13 heavy (non-hydrogen) atoms. The highest BCUT2D eigenvalue weighted by molar-refractivity contribution is 4.76. The number of ether oxygens (including phenoxy) is 1. The first kappa shape index (κ1) is 11.0. The predicted octanol–water partition coefficient (Wildman–Crippen LogP) is 0.564. The molecule has 0 aromatic carbocycles. The molecule has 0 spiro atoms. The third kappa shape index (κ3) is 4.07. The smallest absolute Gasteiger partial charge is 0.0474 e. The van der Waals surface area contributed by atoms with Crippen molar-refractivity contribution in [3.8, 4) is 0 Å². The minimum absolute atomic E-state index is 0.868. The molecule has 0 aromatic heterocycles. The third-order valence-corrected chi connectivity index (χ3v) is 2.69. The molecule has 1 N–H and O–H groups in total. The number of likely N-dealkylation sites (tertiary alicyclic amines) is 1. The van der Waals surface area contributed by atoms with Crippen molar-refractivity contribution in [2.45, 2.75) is 12.8 Å². The number of hydrogen-bond acceptors (Lipinski definition) is 3. The summed E-state index contributed by atoms with van der Waals surface area (Å²) in [5.74, 6) is 0.868. The standard InChI is InChI=1S/C10H22N2O/c1-11-8-10-4-6-12(9-10)5-3-7-13-2/h10-11H,3-9H2,1-2H3. The van der Waals surface area contributed by atoms with Gasteiger partial charge in [0.1, 0.15) is 0 Å². The lowest BCUT2D eigenvalue weighted by atomic mass is 10.1.